The lowest BCUT2D eigenvalue weighted by atomic mass is 10.1. The minimum absolute atomic E-state index is 0.222. The van der Waals surface area contributed by atoms with Crippen molar-refractivity contribution in [1.82, 2.24) is 9.88 Å². The molecule has 0 fully saturated rings. The van der Waals surface area contributed by atoms with Crippen molar-refractivity contribution in [2.45, 2.75) is 26.0 Å². The van der Waals surface area contributed by atoms with Crippen LogP contribution in [0.25, 0.3) is 0 Å². The Morgan fingerprint density at radius 2 is 1.96 bits per heavy atom. The van der Waals surface area contributed by atoms with Crippen LogP contribution in [0.3, 0.4) is 0 Å². The lowest BCUT2D eigenvalue weighted by Gasteiger charge is -2.12. The van der Waals surface area contributed by atoms with Crippen LogP contribution in [0.1, 0.15) is 34.1 Å². The molecule has 0 unspecified atom stereocenters. The molecule has 128 valence electrons. The molecular weight excluding hydrogens is 320 g/mol. The number of rotatable bonds is 7. The van der Waals surface area contributed by atoms with E-state index in [1.807, 2.05) is 32.0 Å². The Morgan fingerprint density at radius 1 is 1.25 bits per heavy atom. The molecule has 0 saturated heterocycles. The lowest BCUT2D eigenvalue weighted by molar-refractivity contribution is 0.0954. The second-order valence-electron chi connectivity index (χ2n) is 5.70. The third-order valence-electron chi connectivity index (χ3n) is 3.98. The lowest BCUT2D eigenvalue weighted by Crippen LogP contribution is -2.34. The van der Waals surface area contributed by atoms with Crippen molar-refractivity contribution >= 4 is 17.7 Å². The molecule has 5 heteroatoms. The summed E-state index contributed by atoms with van der Waals surface area (Å²) < 4.78 is 1.58. The summed E-state index contributed by atoms with van der Waals surface area (Å²) in [6.07, 6.45) is 0.773. The highest BCUT2D eigenvalue weighted by molar-refractivity contribution is 7.98. The molecule has 0 saturated carbocycles. The number of hydrogen-bond acceptors (Lipinski definition) is 3. The second kappa shape index (κ2) is 8.73. The molecule has 2 aromatic rings. The first-order chi connectivity index (χ1) is 11.5. The van der Waals surface area contributed by atoms with Gasteiger partial charge in [-0.1, -0.05) is 37.3 Å². The highest BCUT2D eigenvalue weighted by Gasteiger charge is 2.14. The molecule has 1 heterocycles. The minimum atomic E-state index is -0.290. The predicted molar refractivity (Wildman–Crippen MR) is 101 cm³/mol. The first kappa shape index (κ1) is 18.3. The van der Waals surface area contributed by atoms with Crippen molar-refractivity contribution in [3.05, 3.63) is 69.1 Å². The summed E-state index contributed by atoms with van der Waals surface area (Å²) in [6, 6.07) is 11.9. The summed E-state index contributed by atoms with van der Waals surface area (Å²) in [5.74, 6) is 1.44. The molecule has 0 aliphatic heterocycles. The Kier molecular flexibility index (Phi) is 6.67. The van der Waals surface area contributed by atoms with Gasteiger partial charge in [-0.25, -0.2) is 0 Å². The molecule has 1 amide bonds. The van der Waals surface area contributed by atoms with Crippen molar-refractivity contribution in [3.63, 3.8) is 0 Å². The van der Waals surface area contributed by atoms with Crippen LogP contribution in [0, 0.1) is 6.92 Å². The summed E-state index contributed by atoms with van der Waals surface area (Å²) >= 11 is 1.76. The first-order valence-corrected chi connectivity index (χ1v) is 9.29. The van der Waals surface area contributed by atoms with Crippen LogP contribution in [0.15, 0.2) is 41.2 Å². The third kappa shape index (κ3) is 4.51. The van der Waals surface area contributed by atoms with Crippen molar-refractivity contribution in [3.8, 4) is 0 Å². The molecular formula is C19H24N2O2S. The third-order valence-corrected chi connectivity index (χ3v) is 5.01. The van der Waals surface area contributed by atoms with E-state index in [1.54, 1.807) is 29.4 Å². The molecule has 0 spiro atoms. The molecule has 4 nitrogen and oxygen atoms in total. The molecule has 1 aromatic heterocycles. The van der Waals surface area contributed by atoms with Crippen LogP contribution in [-0.2, 0) is 19.2 Å². The van der Waals surface area contributed by atoms with Gasteiger partial charge < -0.3 is 9.88 Å². The summed E-state index contributed by atoms with van der Waals surface area (Å²) in [4.78, 5) is 24.6. The number of aromatic nitrogens is 1. The number of thioether (sulfide) groups is 1. The van der Waals surface area contributed by atoms with Gasteiger partial charge >= 0.3 is 0 Å². The Morgan fingerprint density at radius 3 is 2.62 bits per heavy atom. The predicted octanol–water partition coefficient (Wildman–Crippen LogP) is 2.92. The quantitative estimate of drug-likeness (QED) is 0.786. The molecule has 0 radical (unpaired) electrons. The molecule has 2 rings (SSSR count). The molecule has 0 bridgehead atoms. The van der Waals surface area contributed by atoms with Crippen molar-refractivity contribution < 1.29 is 4.79 Å². The van der Waals surface area contributed by atoms with Gasteiger partial charge in [0, 0.05) is 30.8 Å². The zero-order valence-electron chi connectivity index (χ0n) is 14.5. The van der Waals surface area contributed by atoms with Crippen LogP contribution < -0.4 is 10.9 Å². The fraction of sp³-hybridized carbons (Fsp3) is 0.368. The number of hydrogen-bond donors (Lipinski definition) is 1. The van der Waals surface area contributed by atoms with Crippen LogP contribution in [-0.4, -0.2) is 22.8 Å². The fourth-order valence-corrected chi connectivity index (χ4v) is 3.52. The van der Waals surface area contributed by atoms with Crippen molar-refractivity contribution in [2.75, 3.05) is 12.3 Å². The van der Waals surface area contributed by atoms with Gasteiger partial charge in [-0.15, -0.1) is 0 Å². The van der Waals surface area contributed by atoms with Gasteiger partial charge in [0.05, 0.1) is 0 Å². The van der Waals surface area contributed by atoms with Gasteiger partial charge in [0.2, 0.25) is 0 Å². The van der Waals surface area contributed by atoms with Crippen molar-refractivity contribution in [1.29, 1.82) is 0 Å². The molecule has 1 aromatic carbocycles. The van der Waals surface area contributed by atoms with E-state index in [9.17, 15) is 9.59 Å². The van der Waals surface area contributed by atoms with Crippen LogP contribution in [0.4, 0.5) is 0 Å². The second-order valence-corrected chi connectivity index (χ2v) is 6.80. The number of pyridine rings is 1. The summed E-state index contributed by atoms with van der Waals surface area (Å²) in [7, 11) is 1.72. The maximum atomic E-state index is 12.3. The number of carbonyl (C=O) groups excluding carboxylic acids is 1. The smallest absolute Gasteiger partial charge is 0.263 e. The van der Waals surface area contributed by atoms with E-state index >= 15 is 0 Å². The molecule has 24 heavy (non-hydrogen) atoms. The first-order valence-electron chi connectivity index (χ1n) is 8.14. The van der Waals surface area contributed by atoms with E-state index in [4.69, 9.17) is 0 Å². The maximum absolute atomic E-state index is 12.3. The number of nitrogens with zero attached hydrogens (tertiary/aromatic N) is 1. The standard InChI is InChI=1S/C19H24N2O2S/c1-4-17-14(2)12-16(19(23)21(17)3)18(22)20-10-11-24-13-15-8-6-5-7-9-15/h5-9,12H,4,10-11,13H2,1-3H3,(H,20,22). The van der Waals surface area contributed by atoms with E-state index in [1.165, 1.54) is 5.56 Å². The number of aryl methyl sites for hydroxylation is 1. The topological polar surface area (TPSA) is 51.1 Å². The SMILES string of the molecule is CCc1c(C)cc(C(=O)NCCSCc2ccccc2)c(=O)n1C. The Balaban J connectivity index is 1.88. The minimum Gasteiger partial charge on any atom is -0.351 e. The maximum Gasteiger partial charge on any atom is 0.263 e. The Hall–Kier alpha value is -2.01. The van der Waals surface area contributed by atoms with Crippen LogP contribution >= 0.6 is 11.8 Å². The van der Waals surface area contributed by atoms with Gasteiger partial charge in [-0.3, -0.25) is 9.59 Å². The molecule has 0 atom stereocenters. The number of benzene rings is 1. The van der Waals surface area contributed by atoms with E-state index in [-0.39, 0.29) is 17.0 Å². The number of nitrogens with one attached hydrogen (secondary N) is 1. The average molecular weight is 344 g/mol. The highest BCUT2D eigenvalue weighted by atomic mass is 32.2. The summed E-state index contributed by atoms with van der Waals surface area (Å²) in [6.45, 7) is 4.49. The Labute approximate surface area is 147 Å². The average Bonchev–Trinajstić information content (AvgIpc) is 2.59. The van der Waals surface area contributed by atoms with Gasteiger partial charge in [0.25, 0.3) is 11.5 Å². The number of carbonyl (C=O) groups is 1. The largest absolute Gasteiger partial charge is 0.351 e. The summed E-state index contributed by atoms with van der Waals surface area (Å²) in [5.41, 5.74) is 3.21. The molecule has 0 aliphatic carbocycles. The van der Waals surface area contributed by atoms with E-state index in [0.29, 0.717) is 6.54 Å². The van der Waals surface area contributed by atoms with Gasteiger partial charge in [-0.2, -0.15) is 11.8 Å². The monoisotopic (exact) mass is 344 g/mol. The van der Waals surface area contributed by atoms with E-state index < -0.39 is 0 Å². The molecule has 0 aliphatic rings. The zero-order valence-corrected chi connectivity index (χ0v) is 15.3. The number of amides is 1. The summed E-state index contributed by atoms with van der Waals surface area (Å²) in [5, 5.41) is 2.84. The van der Waals surface area contributed by atoms with Crippen molar-refractivity contribution in [2.24, 2.45) is 7.05 Å². The van der Waals surface area contributed by atoms with Gasteiger partial charge in [0.1, 0.15) is 5.56 Å². The highest BCUT2D eigenvalue weighted by Crippen LogP contribution is 2.11. The normalized spacial score (nSPS) is 10.6. The Bertz CT molecular complexity index is 754. The van der Waals surface area contributed by atoms with Crippen LogP contribution in [0.2, 0.25) is 0 Å². The van der Waals surface area contributed by atoms with Gasteiger partial charge in [0.15, 0.2) is 0 Å². The van der Waals surface area contributed by atoms with E-state index in [2.05, 4.69) is 17.4 Å². The van der Waals surface area contributed by atoms with Crippen LogP contribution in [0.5, 0.6) is 0 Å². The van der Waals surface area contributed by atoms with Gasteiger partial charge in [-0.05, 0) is 30.5 Å². The van der Waals surface area contributed by atoms with E-state index in [0.717, 1.165) is 29.2 Å². The fourth-order valence-electron chi connectivity index (χ4n) is 2.70. The zero-order chi connectivity index (χ0) is 17.5. The molecule has 1 N–H and O–H groups in total.